The maximum Gasteiger partial charge on any atom is 0.265 e. The summed E-state index contributed by atoms with van der Waals surface area (Å²) in [6, 6.07) is 5.11. The van der Waals surface area contributed by atoms with Crippen molar-refractivity contribution in [3.05, 3.63) is 79.7 Å². The number of hydrogen-bond donors (Lipinski definition) is 1. The predicted molar refractivity (Wildman–Crippen MR) is 139 cm³/mol. The van der Waals surface area contributed by atoms with Crippen molar-refractivity contribution in [1.29, 1.82) is 0 Å². The molecule has 36 heavy (non-hydrogen) atoms. The Hall–Kier alpha value is -3.91. The van der Waals surface area contributed by atoms with Crippen LogP contribution in [-0.4, -0.2) is 39.5 Å². The molecule has 0 spiro atoms. The van der Waals surface area contributed by atoms with E-state index in [1.165, 1.54) is 17.9 Å². The number of hydrogen-bond acceptors (Lipinski definition) is 6. The number of aromatic hydroxyl groups is 1. The second-order valence-electron chi connectivity index (χ2n) is 9.19. The van der Waals surface area contributed by atoms with Crippen molar-refractivity contribution in [2.75, 3.05) is 14.2 Å². The van der Waals surface area contributed by atoms with E-state index in [2.05, 4.69) is 6.92 Å². The Morgan fingerprint density at radius 3 is 2.69 bits per heavy atom. The van der Waals surface area contributed by atoms with Crippen molar-refractivity contribution < 1.29 is 14.6 Å². The molecule has 1 aromatic carbocycles. The minimum atomic E-state index is -0.277. The highest BCUT2D eigenvalue weighted by atomic mass is 16.5. The van der Waals surface area contributed by atoms with Crippen LogP contribution in [0.3, 0.4) is 0 Å². The number of fused-ring (bicyclic) bond motifs is 2. The summed E-state index contributed by atoms with van der Waals surface area (Å²) < 4.78 is 13.9. The minimum Gasteiger partial charge on any atom is -0.506 e. The average Bonchev–Trinajstić information content (AvgIpc) is 2.89. The lowest BCUT2D eigenvalue weighted by Crippen LogP contribution is -2.49. The summed E-state index contributed by atoms with van der Waals surface area (Å²) in [6.45, 7) is 2.32. The standard InChI is InChI=1S/C28H29N3O5/c1-17-7-12-20-22(15-17)29-25(31(27(20)33)18-8-10-19(35-2)11-9-18)13-14-30-16-23(32)21-5-4-6-24(36-3)26(21)28(30)34/h4-6,8-10,12,15-17,19,32H,7,11,13-14H2,1-3H3. The molecule has 0 saturated heterocycles. The summed E-state index contributed by atoms with van der Waals surface area (Å²) in [6.07, 6.45) is 12.9. The van der Waals surface area contributed by atoms with Crippen LogP contribution in [0, 0.1) is 5.92 Å². The first-order valence-corrected chi connectivity index (χ1v) is 12.1. The van der Waals surface area contributed by atoms with Crippen LogP contribution in [0.4, 0.5) is 0 Å². The highest BCUT2D eigenvalue weighted by Crippen LogP contribution is 2.28. The van der Waals surface area contributed by atoms with Gasteiger partial charge in [-0.1, -0.05) is 43.4 Å². The zero-order chi connectivity index (χ0) is 25.4. The molecular formula is C28H29N3O5. The number of benzene rings is 1. The van der Waals surface area contributed by atoms with Crippen molar-refractivity contribution in [1.82, 2.24) is 14.1 Å². The van der Waals surface area contributed by atoms with Gasteiger partial charge in [-0.3, -0.25) is 14.2 Å². The monoisotopic (exact) mass is 487 g/mol. The molecule has 0 bridgehead atoms. The molecule has 0 aliphatic heterocycles. The second-order valence-corrected chi connectivity index (χ2v) is 9.19. The van der Waals surface area contributed by atoms with Gasteiger partial charge in [0.1, 0.15) is 17.3 Å². The molecule has 0 saturated carbocycles. The highest BCUT2D eigenvalue weighted by Gasteiger charge is 2.18. The van der Waals surface area contributed by atoms with E-state index in [1.807, 2.05) is 30.4 Å². The van der Waals surface area contributed by atoms with Gasteiger partial charge in [-0.05, 0) is 30.9 Å². The van der Waals surface area contributed by atoms with Crippen molar-refractivity contribution >= 4 is 28.6 Å². The third-order valence-corrected chi connectivity index (χ3v) is 6.81. The summed E-state index contributed by atoms with van der Waals surface area (Å²) in [5.74, 6) is 1.22. The number of nitrogens with zero attached hydrogens (tertiary/aromatic N) is 3. The maximum atomic E-state index is 13.6. The first kappa shape index (κ1) is 23.8. The van der Waals surface area contributed by atoms with E-state index in [-0.39, 0.29) is 35.4 Å². The Morgan fingerprint density at radius 1 is 1.14 bits per heavy atom. The summed E-state index contributed by atoms with van der Waals surface area (Å²) in [5.41, 5.74) is 0.335. The van der Waals surface area contributed by atoms with E-state index in [0.717, 1.165) is 12.1 Å². The number of methoxy groups -OCH3 is 2. The fraction of sp³-hybridized carbons (Fsp3) is 0.321. The number of aryl methyl sites for hydroxylation is 2. The molecule has 2 atom stereocenters. The van der Waals surface area contributed by atoms with Gasteiger partial charge in [0.2, 0.25) is 0 Å². The summed E-state index contributed by atoms with van der Waals surface area (Å²) in [4.78, 5) is 31.8. The van der Waals surface area contributed by atoms with Crippen molar-refractivity contribution in [2.45, 2.75) is 38.8 Å². The van der Waals surface area contributed by atoms with Gasteiger partial charge in [0.15, 0.2) is 0 Å². The van der Waals surface area contributed by atoms with Gasteiger partial charge >= 0.3 is 0 Å². The van der Waals surface area contributed by atoms with E-state index in [0.29, 0.717) is 45.8 Å². The Labute approximate surface area is 207 Å². The number of pyridine rings is 1. The van der Waals surface area contributed by atoms with Crippen LogP contribution < -0.4 is 26.4 Å². The predicted octanol–water partition coefficient (Wildman–Crippen LogP) is 1.93. The van der Waals surface area contributed by atoms with Crippen LogP contribution in [-0.2, 0) is 17.7 Å². The first-order chi connectivity index (χ1) is 17.4. The van der Waals surface area contributed by atoms with E-state index < -0.39 is 0 Å². The van der Waals surface area contributed by atoms with Gasteiger partial charge in [-0.15, -0.1) is 0 Å². The smallest absolute Gasteiger partial charge is 0.265 e. The molecule has 8 nitrogen and oxygen atoms in total. The first-order valence-electron chi connectivity index (χ1n) is 12.1. The molecule has 186 valence electrons. The summed E-state index contributed by atoms with van der Waals surface area (Å²) in [7, 11) is 3.15. The molecule has 3 aromatic rings. The van der Waals surface area contributed by atoms with Crippen LogP contribution in [0.25, 0.3) is 28.6 Å². The average molecular weight is 488 g/mol. The number of allylic oxidation sites excluding steroid dienone is 2. The molecule has 5 rings (SSSR count). The lowest BCUT2D eigenvalue weighted by molar-refractivity contribution is 0.143. The lowest BCUT2D eigenvalue weighted by Gasteiger charge is -2.20. The molecular weight excluding hydrogens is 458 g/mol. The number of rotatable bonds is 6. The molecule has 2 aliphatic carbocycles. The molecule has 1 N–H and O–H groups in total. The Morgan fingerprint density at radius 2 is 1.97 bits per heavy atom. The third kappa shape index (κ3) is 4.18. The van der Waals surface area contributed by atoms with Gasteiger partial charge in [-0.2, -0.15) is 0 Å². The molecule has 2 unspecified atom stereocenters. The van der Waals surface area contributed by atoms with E-state index in [1.54, 1.807) is 29.9 Å². The number of aromatic nitrogens is 3. The second kappa shape index (κ2) is 9.62. The van der Waals surface area contributed by atoms with Crippen LogP contribution >= 0.6 is 0 Å². The van der Waals surface area contributed by atoms with Crippen molar-refractivity contribution in [3.63, 3.8) is 0 Å². The van der Waals surface area contributed by atoms with Gasteiger partial charge in [0, 0.05) is 37.4 Å². The lowest BCUT2D eigenvalue weighted by atomic mass is 10.0. The topological polar surface area (TPSA) is 95.6 Å². The van der Waals surface area contributed by atoms with Crippen LogP contribution in [0.1, 0.15) is 25.6 Å². The summed E-state index contributed by atoms with van der Waals surface area (Å²) in [5, 5.41) is 12.6. The molecule has 2 heterocycles. The van der Waals surface area contributed by atoms with Crippen LogP contribution in [0.5, 0.6) is 11.5 Å². The highest BCUT2D eigenvalue weighted by molar-refractivity contribution is 5.91. The minimum absolute atomic E-state index is 0.0143. The molecule has 0 amide bonds. The normalized spacial score (nSPS) is 18.8. The quantitative estimate of drug-likeness (QED) is 0.571. The zero-order valence-electron chi connectivity index (χ0n) is 20.6. The fourth-order valence-corrected chi connectivity index (χ4v) is 4.86. The van der Waals surface area contributed by atoms with Crippen LogP contribution in [0.2, 0.25) is 0 Å². The SMILES string of the molecule is COc1cccc2c(O)cn(CCc3nc4c(c(=O)n3C3=CCC(OC)C=C3)=CCC(C)C=4)c(=O)c12. The van der Waals surface area contributed by atoms with Gasteiger partial charge in [0.05, 0.1) is 29.2 Å². The molecule has 8 heteroatoms. The maximum absolute atomic E-state index is 13.6. The Bertz CT molecular complexity index is 1640. The fourth-order valence-electron chi connectivity index (χ4n) is 4.86. The van der Waals surface area contributed by atoms with Crippen LogP contribution in [0.15, 0.2) is 52.2 Å². The van der Waals surface area contributed by atoms with Gasteiger partial charge in [-0.25, -0.2) is 4.98 Å². The Kier molecular flexibility index (Phi) is 6.36. The van der Waals surface area contributed by atoms with Gasteiger partial charge < -0.3 is 19.1 Å². The van der Waals surface area contributed by atoms with Gasteiger partial charge in [0.25, 0.3) is 11.1 Å². The van der Waals surface area contributed by atoms with Crippen molar-refractivity contribution in [2.24, 2.45) is 5.92 Å². The molecule has 2 aliphatic rings. The number of ether oxygens (including phenoxy) is 2. The van der Waals surface area contributed by atoms with E-state index in [9.17, 15) is 14.7 Å². The van der Waals surface area contributed by atoms with Crippen molar-refractivity contribution in [3.8, 4) is 11.5 Å². The molecule has 0 radical (unpaired) electrons. The summed E-state index contributed by atoms with van der Waals surface area (Å²) >= 11 is 0. The largest absolute Gasteiger partial charge is 0.506 e. The van der Waals surface area contributed by atoms with E-state index in [4.69, 9.17) is 14.5 Å². The molecule has 0 fully saturated rings. The molecule has 2 aromatic heterocycles. The Balaban J connectivity index is 1.61. The third-order valence-electron chi connectivity index (χ3n) is 6.81. The zero-order valence-corrected chi connectivity index (χ0v) is 20.6. The van der Waals surface area contributed by atoms with E-state index >= 15 is 0 Å².